The summed E-state index contributed by atoms with van der Waals surface area (Å²) in [6.07, 6.45) is 0. The van der Waals surface area contributed by atoms with Crippen molar-refractivity contribution < 1.29 is 4.74 Å². The fourth-order valence-electron chi connectivity index (χ4n) is 2.31. The van der Waals surface area contributed by atoms with Crippen LogP contribution in [0.4, 0.5) is 5.69 Å². The molecule has 18 heavy (non-hydrogen) atoms. The second-order valence-electron chi connectivity index (χ2n) is 4.79. The zero-order valence-corrected chi connectivity index (χ0v) is 10.5. The van der Waals surface area contributed by atoms with E-state index in [1.165, 1.54) is 16.8 Å². The molecule has 1 unspecified atom stereocenters. The minimum absolute atomic E-state index is 0.447. The van der Waals surface area contributed by atoms with Crippen molar-refractivity contribution in [3.05, 3.63) is 59.7 Å². The SMILES string of the molecule is Cc1ccc(NCC2COc3ccccc32)cc1. The van der Waals surface area contributed by atoms with Gasteiger partial charge in [0.2, 0.25) is 0 Å². The maximum absolute atomic E-state index is 5.68. The van der Waals surface area contributed by atoms with E-state index in [2.05, 4.69) is 48.6 Å². The Morgan fingerprint density at radius 1 is 1.11 bits per heavy atom. The van der Waals surface area contributed by atoms with Gasteiger partial charge in [-0.3, -0.25) is 0 Å². The van der Waals surface area contributed by atoms with Crippen molar-refractivity contribution in [2.75, 3.05) is 18.5 Å². The summed E-state index contributed by atoms with van der Waals surface area (Å²) in [5, 5.41) is 3.47. The molecule has 92 valence electrons. The summed E-state index contributed by atoms with van der Waals surface area (Å²) >= 11 is 0. The molecule has 0 spiro atoms. The number of hydrogen-bond acceptors (Lipinski definition) is 2. The van der Waals surface area contributed by atoms with Crippen molar-refractivity contribution in [1.29, 1.82) is 0 Å². The zero-order chi connectivity index (χ0) is 12.4. The number of aryl methyl sites for hydroxylation is 1. The maximum Gasteiger partial charge on any atom is 0.122 e. The molecule has 0 aromatic heterocycles. The lowest BCUT2D eigenvalue weighted by atomic mass is 10.0. The molecule has 2 aromatic carbocycles. The molecule has 3 rings (SSSR count). The molecule has 2 nitrogen and oxygen atoms in total. The average molecular weight is 239 g/mol. The van der Waals surface area contributed by atoms with Crippen LogP contribution >= 0.6 is 0 Å². The number of hydrogen-bond donors (Lipinski definition) is 1. The molecule has 0 bridgehead atoms. The molecule has 1 aliphatic rings. The van der Waals surface area contributed by atoms with Crippen LogP contribution in [0.5, 0.6) is 5.75 Å². The number of rotatable bonds is 3. The molecule has 0 saturated heterocycles. The normalized spacial score (nSPS) is 17.1. The third-order valence-corrected chi connectivity index (χ3v) is 3.40. The van der Waals surface area contributed by atoms with Gasteiger partial charge in [0.05, 0.1) is 6.61 Å². The van der Waals surface area contributed by atoms with Crippen LogP contribution in [-0.2, 0) is 0 Å². The lowest BCUT2D eigenvalue weighted by molar-refractivity contribution is 0.334. The van der Waals surface area contributed by atoms with E-state index in [-0.39, 0.29) is 0 Å². The highest BCUT2D eigenvalue weighted by Crippen LogP contribution is 2.33. The first-order valence-corrected chi connectivity index (χ1v) is 6.35. The van der Waals surface area contributed by atoms with Gasteiger partial charge in [0.25, 0.3) is 0 Å². The molecule has 0 radical (unpaired) electrons. The Bertz CT molecular complexity index is 533. The molecule has 0 fully saturated rings. The predicted octanol–water partition coefficient (Wildman–Crippen LogP) is 3.58. The standard InChI is InChI=1S/C16H17NO/c1-12-6-8-14(9-7-12)17-10-13-11-18-16-5-3-2-4-15(13)16/h2-9,13,17H,10-11H2,1H3. The van der Waals surface area contributed by atoms with Crippen LogP contribution in [0, 0.1) is 6.92 Å². The Kier molecular flexibility index (Phi) is 2.93. The van der Waals surface area contributed by atoms with E-state index in [0.717, 1.165) is 18.9 Å². The van der Waals surface area contributed by atoms with Gasteiger partial charge in [0.1, 0.15) is 5.75 Å². The minimum Gasteiger partial charge on any atom is -0.493 e. The molecular formula is C16H17NO. The van der Waals surface area contributed by atoms with Gasteiger partial charge in [-0.05, 0) is 25.1 Å². The summed E-state index contributed by atoms with van der Waals surface area (Å²) in [6, 6.07) is 16.8. The number of anilines is 1. The molecule has 1 aliphatic heterocycles. The van der Waals surface area contributed by atoms with Crippen LogP contribution in [0.1, 0.15) is 17.0 Å². The van der Waals surface area contributed by atoms with Crippen molar-refractivity contribution in [3.8, 4) is 5.75 Å². The van der Waals surface area contributed by atoms with Gasteiger partial charge in [-0.2, -0.15) is 0 Å². The quantitative estimate of drug-likeness (QED) is 0.884. The van der Waals surface area contributed by atoms with E-state index in [1.54, 1.807) is 0 Å². The minimum atomic E-state index is 0.447. The second kappa shape index (κ2) is 4.73. The van der Waals surface area contributed by atoms with Gasteiger partial charge in [0, 0.05) is 23.7 Å². The monoisotopic (exact) mass is 239 g/mol. The van der Waals surface area contributed by atoms with Crippen LogP contribution < -0.4 is 10.1 Å². The third kappa shape index (κ3) is 2.19. The van der Waals surface area contributed by atoms with Crippen LogP contribution in [0.3, 0.4) is 0 Å². The van der Waals surface area contributed by atoms with Gasteiger partial charge in [-0.25, -0.2) is 0 Å². The van der Waals surface area contributed by atoms with Crippen molar-refractivity contribution in [1.82, 2.24) is 0 Å². The molecule has 2 heteroatoms. The van der Waals surface area contributed by atoms with E-state index >= 15 is 0 Å². The Labute approximate surface area is 108 Å². The first-order chi connectivity index (χ1) is 8.83. The highest BCUT2D eigenvalue weighted by molar-refractivity contribution is 5.46. The highest BCUT2D eigenvalue weighted by atomic mass is 16.5. The summed E-state index contributed by atoms with van der Waals surface area (Å²) in [7, 11) is 0. The lowest BCUT2D eigenvalue weighted by Gasteiger charge is -2.11. The fraction of sp³-hybridized carbons (Fsp3) is 0.250. The van der Waals surface area contributed by atoms with E-state index in [1.807, 2.05) is 12.1 Å². The first kappa shape index (κ1) is 11.1. The third-order valence-electron chi connectivity index (χ3n) is 3.40. The topological polar surface area (TPSA) is 21.3 Å². The summed E-state index contributed by atoms with van der Waals surface area (Å²) in [4.78, 5) is 0. The van der Waals surface area contributed by atoms with E-state index < -0.39 is 0 Å². The van der Waals surface area contributed by atoms with Crippen molar-refractivity contribution >= 4 is 5.69 Å². The largest absolute Gasteiger partial charge is 0.493 e. The van der Waals surface area contributed by atoms with E-state index in [4.69, 9.17) is 4.74 Å². The van der Waals surface area contributed by atoms with Gasteiger partial charge in [-0.1, -0.05) is 35.9 Å². The summed E-state index contributed by atoms with van der Waals surface area (Å²) in [5.74, 6) is 1.48. The summed E-state index contributed by atoms with van der Waals surface area (Å²) < 4.78 is 5.68. The molecule has 0 amide bonds. The van der Waals surface area contributed by atoms with Gasteiger partial charge in [-0.15, -0.1) is 0 Å². The van der Waals surface area contributed by atoms with Crippen molar-refractivity contribution in [3.63, 3.8) is 0 Å². The van der Waals surface area contributed by atoms with Gasteiger partial charge >= 0.3 is 0 Å². The van der Waals surface area contributed by atoms with E-state index in [0.29, 0.717) is 5.92 Å². The van der Waals surface area contributed by atoms with Crippen molar-refractivity contribution in [2.24, 2.45) is 0 Å². The van der Waals surface area contributed by atoms with Crippen LogP contribution in [-0.4, -0.2) is 13.2 Å². The predicted molar refractivity (Wildman–Crippen MR) is 74.3 cm³/mol. The Morgan fingerprint density at radius 2 is 1.89 bits per heavy atom. The van der Waals surface area contributed by atoms with Crippen LogP contribution in [0.2, 0.25) is 0 Å². The molecular weight excluding hydrogens is 222 g/mol. The molecule has 1 N–H and O–H groups in total. The summed E-state index contributed by atoms with van der Waals surface area (Å²) in [6.45, 7) is 3.79. The average Bonchev–Trinajstić information content (AvgIpc) is 2.82. The molecule has 0 saturated carbocycles. The lowest BCUT2D eigenvalue weighted by Crippen LogP contribution is -2.13. The second-order valence-corrected chi connectivity index (χ2v) is 4.79. The number of ether oxygens (including phenoxy) is 1. The highest BCUT2D eigenvalue weighted by Gasteiger charge is 2.22. The number of fused-ring (bicyclic) bond motifs is 1. The van der Waals surface area contributed by atoms with E-state index in [9.17, 15) is 0 Å². The van der Waals surface area contributed by atoms with Gasteiger partial charge in [0.15, 0.2) is 0 Å². The first-order valence-electron chi connectivity index (χ1n) is 6.35. The maximum atomic E-state index is 5.68. The fourth-order valence-corrected chi connectivity index (χ4v) is 2.31. The number of para-hydroxylation sites is 1. The smallest absolute Gasteiger partial charge is 0.122 e. The number of nitrogens with one attached hydrogen (secondary N) is 1. The zero-order valence-electron chi connectivity index (χ0n) is 10.5. The molecule has 1 heterocycles. The van der Waals surface area contributed by atoms with Crippen LogP contribution in [0.15, 0.2) is 48.5 Å². The summed E-state index contributed by atoms with van der Waals surface area (Å²) in [5.41, 5.74) is 3.78. The Balaban J connectivity index is 1.67. The molecule has 2 aromatic rings. The van der Waals surface area contributed by atoms with Crippen molar-refractivity contribution in [2.45, 2.75) is 12.8 Å². The Hall–Kier alpha value is -1.96. The molecule has 0 aliphatic carbocycles. The number of benzene rings is 2. The van der Waals surface area contributed by atoms with Gasteiger partial charge < -0.3 is 10.1 Å². The van der Waals surface area contributed by atoms with Crippen LogP contribution in [0.25, 0.3) is 0 Å². The molecule has 1 atom stereocenters. The Morgan fingerprint density at radius 3 is 2.72 bits per heavy atom.